The number of hydrogen-bond donors (Lipinski definition) is 2. The van der Waals surface area contributed by atoms with E-state index in [0.717, 1.165) is 12.0 Å². The van der Waals surface area contributed by atoms with Crippen LogP contribution < -0.4 is 25.4 Å². The number of hydrazine groups is 1. The second-order valence-electron chi connectivity index (χ2n) is 6.01. The molecule has 1 heterocycles. The van der Waals surface area contributed by atoms with Crippen LogP contribution in [0, 0.1) is 0 Å². The third kappa shape index (κ3) is 3.40. The van der Waals surface area contributed by atoms with Crippen molar-refractivity contribution in [2.45, 2.75) is 18.5 Å². The van der Waals surface area contributed by atoms with Crippen LogP contribution in [0.5, 0.6) is 17.2 Å². The molecular weight excluding hydrogens is 350 g/mol. The van der Waals surface area contributed by atoms with E-state index < -0.39 is 0 Å². The Morgan fingerprint density at radius 1 is 1.04 bits per heavy atom. The fourth-order valence-electron chi connectivity index (χ4n) is 3.33. The molecule has 0 unspecified atom stereocenters. The highest BCUT2D eigenvalue weighted by Gasteiger charge is 2.35. The standard InChI is InChI=1S/C19H23N3O3S/c1-23-16-9-13(10-17(24-2)18(16)25-3)15-11-14(21-22(15)19(20)26)12-7-5-4-6-8-12/h4-10,14-15,21H,11H2,1-3H3,(H2,20,26)/t14-,15+/m1/s1. The summed E-state index contributed by atoms with van der Waals surface area (Å²) in [7, 11) is 4.79. The average molecular weight is 373 g/mol. The number of rotatable bonds is 5. The number of nitrogens with zero attached hydrogens (tertiary/aromatic N) is 1. The van der Waals surface area contributed by atoms with Gasteiger partial charge in [0, 0.05) is 0 Å². The molecule has 1 fully saturated rings. The number of nitrogens with one attached hydrogen (secondary N) is 1. The highest BCUT2D eigenvalue weighted by molar-refractivity contribution is 7.80. The summed E-state index contributed by atoms with van der Waals surface area (Å²) in [6.45, 7) is 0. The predicted molar refractivity (Wildman–Crippen MR) is 104 cm³/mol. The van der Waals surface area contributed by atoms with Crippen LogP contribution in [0.25, 0.3) is 0 Å². The summed E-state index contributed by atoms with van der Waals surface area (Å²) >= 11 is 5.26. The van der Waals surface area contributed by atoms with Crippen molar-refractivity contribution in [3.63, 3.8) is 0 Å². The van der Waals surface area contributed by atoms with Gasteiger partial charge in [0.05, 0.1) is 33.4 Å². The molecule has 0 spiro atoms. The quantitative estimate of drug-likeness (QED) is 0.781. The van der Waals surface area contributed by atoms with Gasteiger partial charge in [-0.25, -0.2) is 5.43 Å². The summed E-state index contributed by atoms with van der Waals surface area (Å²) in [5, 5.41) is 2.12. The molecule has 0 aromatic heterocycles. The monoisotopic (exact) mass is 373 g/mol. The van der Waals surface area contributed by atoms with Crippen molar-refractivity contribution >= 4 is 17.3 Å². The topological polar surface area (TPSA) is 69.0 Å². The molecule has 1 aliphatic heterocycles. The molecule has 1 aliphatic rings. The van der Waals surface area contributed by atoms with Gasteiger partial charge in [-0.05, 0) is 41.9 Å². The van der Waals surface area contributed by atoms with Gasteiger partial charge in [0.1, 0.15) is 0 Å². The fraction of sp³-hybridized carbons (Fsp3) is 0.316. The Morgan fingerprint density at radius 3 is 2.15 bits per heavy atom. The van der Waals surface area contributed by atoms with E-state index in [1.807, 2.05) is 35.3 Å². The maximum absolute atomic E-state index is 5.97. The Bertz CT molecular complexity index is 760. The van der Waals surface area contributed by atoms with Crippen molar-refractivity contribution in [1.29, 1.82) is 0 Å². The molecule has 0 radical (unpaired) electrons. The van der Waals surface area contributed by atoms with E-state index in [4.69, 9.17) is 32.2 Å². The van der Waals surface area contributed by atoms with Crippen molar-refractivity contribution in [2.75, 3.05) is 21.3 Å². The molecule has 7 heteroatoms. The molecule has 3 N–H and O–H groups in total. The fourth-order valence-corrected chi connectivity index (χ4v) is 3.51. The van der Waals surface area contributed by atoms with Gasteiger partial charge in [0.15, 0.2) is 16.6 Å². The normalized spacial score (nSPS) is 19.3. The number of hydrogen-bond acceptors (Lipinski definition) is 5. The molecule has 2 aromatic carbocycles. The van der Waals surface area contributed by atoms with Crippen LogP contribution in [-0.4, -0.2) is 31.5 Å². The first-order valence-corrected chi connectivity index (χ1v) is 8.69. The highest BCUT2D eigenvalue weighted by atomic mass is 32.1. The van der Waals surface area contributed by atoms with Crippen LogP contribution in [0.1, 0.15) is 29.6 Å². The Kier molecular flexibility index (Phi) is 5.49. The molecule has 0 bridgehead atoms. The second kappa shape index (κ2) is 7.80. The van der Waals surface area contributed by atoms with Crippen LogP contribution in [0.4, 0.5) is 0 Å². The number of thiocarbonyl (C=S) groups is 1. The van der Waals surface area contributed by atoms with Crippen molar-refractivity contribution in [3.8, 4) is 17.2 Å². The van der Waals surface area contributed by atoms with Crippen LogP contribution in [-0.2, 0) is 0 Å². The summed E-state index contributed by atoms with van der Waals surface area (Å²) in [5.74, 6) is 1.77. The summed E-state index contributed by atoms with van der Waals surface area (Å²) in [6, 6.07) is 14.2. The summed E-state index contributed by atoms with van der Waals surface area (Å²) in [6.07, 6.45) is 0.806. The van der Waals surface area contributed by atoms with Crippen molar-refractivity contribution in [1.82, 2.24) is 10.4 Å². The first kappa shape index (κ1) is 18.3. The van der Waals surface area contributed by atoms with E-state index in [1.165, 1.54) is 5.56 Å². The minimum atomic E-state index is -0.0496. The molecule has 6 nitrogen and oxygen atoms in total. The molecule has 0 saturated carbocycles. The summed E-state index contributed by atoms with van der Waals surface area (Å²) in [5.41, 5.74) is 11.6. The third-order valence-corrected chi connectivity index (χ3v) is 4.77. The minimum absolute atomic E-state index is 0.0496. The second-order valence-corrected chi connectivity index (χ2v) is 6.43. The third-order valence-electron chi connectivity index (χ3n) is 4.58. The van der Waals surface area contributed by atoms with Crippen molar-refractivity contribution < 1.29 is 14.2 Å². The number of benzene rings is 2. The molecule has 3 rings (SSSR count). The van der Waals surface area contributed by atoms with Crippen LogP contribution in [0.3, 0.4) is 0 Å². The average Bonchev–Trinajstić information content (AvgIpc) is 3.13. The number of methoxy groups -OCH3 is 3. The van der Waals surface area contributed by atoms with Gasteiger partial charge in [-0.15, -0.1) is 0 Å². The lowest BCUT2D eigenvalue weighted by Crippen LogP contribution is -2.42. The zero-order chi connectivity index (χ0) is 18.7. The first-order valence-electron chi connectivity index (χ1n) is 8.28. The lowest BCUT2D eigenvalue weighted by Gasteiger charge is -2.26. The van der Waals surface area contributed by atoms with Gasteiger partial charge in [-0.3, -0.25) is 5.01 Å². The van der Waals surface area contributed by atoms with E-state index >= 15 is 0 Å². The zero-order valence-electron chi connectivity index (χ0n) is 15.1. The lowest BCUT2D eigenvalue weighted by molar-refractivity contribution is 0.301. The largest absolute Gasteiger partial charge is 0.493 e. The van der Waals surface area contributed by atoms with E-state index in [0.29, 0.717) is 22.4 Å². The molecule has 2 aromatic rings. The van der Waals surface area contributed by atoms with Gasteiger partial charge < -0.3 is 19.9 Å². The summed E-state index contributed by atoms with van der Waals surface area (Å²) in [4.78, 5) is 0. The summed E-state index contributed by atoms with van der Waals surface area (Å²) < 4.78 is 16.4. The molecule has 0 aliphatic carbocycles. The predicted octanol–water partition coefficient (Wildman–Crippen LogP) is 2.95. The SMILES string of the molecule is COc1cc([C@@H]2C[C@H](c3ccccc3)NN2C(N)=S)cc(OC)c1OC. The van der Waals surface area contributed by atoms with E-state index in [9.17, 15) is 0 Å². The van der Waals surface area contributed by atoms with Crippen LogP contribution in [0.2, 0.25) is 0 Å². The van der Waals surface area contributed by atoms with Gasteiger partial charge in [-0.2, -0.15) is 0 Å². The van der Waals surface area contributed by atoms with Crippen LogP contribution >= 0.6 is 12.2 Å². The lowest BCUT2D eigenvalue weighted by atomic mass is 9.97. The molecular formula is C19H23N3O3S. The van der Waals surface area contributed by atoms with E-state index in [2.05, 4.69) is 17.6 Å². The maximum Gasteiger partial charge on any atom is 0.203 e. The Morgan fingerprint density at radius 2 is 1.65 bits per heavy atom. The molecule has 2 atom stereocenters. The van der Waals surface area contributed by atoms with Gasteiger partial charge >= 0.3 is 0 Å². The molecule has 138 valence electrons. The smallest absolute Gasteiger partial charge is 0.203 e. The van der Waals surface area contributed by atoms with Gasteiger partial charge in [-0.1, -0.05) is 30.3 Å². The molecule has 26 heavy (non-hydrogen) atoms. The minimum Gasteiger partial charge on any atom is -0.493 e. The zero-order valence-corrected chi connectivity index (χ0v) is 15.9. The molecule has 1 saturated heterocycles. The van der Waals surface area contributed by atoms with Gasteiger partial charge in [0.2, 0.25) is 5.75 Å². The number of nitrogens with two attached hydrogens (primary N) is 1. The van der Waals surface area contributed by atoms with Crippen molar-refractivity contribution in [2.24, 2.45) is 5.73 Å². The van der Waals surface area contributed by atoms with Crippen LogP contribution in [0.15, 0.2) is 42.5 Å². The number of ether oxygens (including phenoxy) is 3. The van der Waals surface area contributed by atoms with Gasteiger partial charge in [0.25, 0.3) is 0 Å². The highest BCUT2D eigenvalue weighted by Crippen LogP contribution is 2.44. The Hall–Kier alpha value is -2.51. The van der Waals surface area contributed by atoms with Crippen molar-refractivity contribution in [3.05, 3.63) is 53.6 Å². The maximum atomic E-state index is 5.97. The molecule has 0 amide bonds. The Labute approximate surface area is 158 Å². The Balaban J connectivity index is 1.99. The first-order chi connectivity index (χ1) is 12.6. The van der Waals surface area contributed by atoms with E-state index in [-0.39, 0.29) is 12.1 Å². The van der Waals surface area contributed by atoms with E-state index in [1.54, 1.807) is 21.3 Å².